The lowest BCUT2D eigenvalue weighted by molar-refractivity contribution is 0.0617. The van der Waals surface area contributed by atoms with E-state index in [0.29, 0.717) is 12.0 Å². The molecular weight excluding hydrogens is 316 g/mol. The van der Waals surface area contributed by atoms with Gasteiger partial charge in [0.15, 0.2) is 0 Å². The zero-order valence-corrected chi connectivity index (χ0v) is 16.1. The highest BCUT2D eigenvalue weighted by molar-refractivity contribution is 5.42. The smallest absolute Gasteiger partial charge is 0.0479 e. The molecule has 0 spiro atoms. The third-order valence-corrected chi connectivity index (χ3v) is 6.25. The molecule has 0 amide bonds. The first-order valence-corrected chi connectivity index (χ1v) is 10.5. The highest BCUT2D eigenvalue weighted by Crippen LogP contribution is 2.40. The van der Waals surface area contributed by atoms with Crippen molar-refractivity contribution >= 4 is 0 Å². The molecule has 2 aliphatic rings. The van der Waals surface area contributed by atoms with Crippen molar-refractivity contribution in [1.29, 1.82) is 0 Å². The Labute approximate surface area is 158 Å². The summed E-state index contributed by atoms with van der Waals surface area (Å²) >= 11 is 0. The summed E-state index contributed by atoms with van der Waals surface area (Å²) in [5.74, 6) is 0.514. The summed E-state index contributed by atoms with van der Waals surface area (Å²) in [4.78, 5) is 5.44. The van der Waals surface area contributed by atoms with Crippen molar-refractivity contribution in [2.24, 2.45) is 0 Å². The van der Waals surface area contributed by atoms with Crippen LogP contribution in [-0.4, -0.2) is 42.5 Å². The van der Waals surface area contributed by atoms with Crippen LogP contribution in [0.5, 0.6) is 0 Å². The molecule has 0 N–H and O–H groups in total. The summed E-state index contributed by atoms with van der Waals surface area (Å²) in [5.41, 5.74) is 4.57. The van der Waals surface area contributed by atoms with Crippen LogP contribution in [0.15, 0.2) is 54.6 Å². The molecule has 0 saturated carbocycles. The second kappa shape index (κ2) is 8.37. The topological polar surface area (TPSA) is 6.48 Å². The fourth-order valence-electron chi connectivity index (χ4n) is 4.79. The molecular formula is C24H32N2. The van der Waals surface area contributed by atoms with Gasteiger partial charge in [-0.05, 0) is 29.7 Å². The van der Waals surface area contributed by atoms with Crippen LogP contribution < -0.4 is 0 Å². The molecule has 4 rings (SSSR count). The van der Waals surface area contributed by atoms with E-state index in [0.717, 1.165) is 6.54 Å². The van der Waals surface area contributed by atoms with Crippen molar-refractivity contribution < 1.29 is 0 Å². The van der Waals surface area contributed by atoms with Crippen molar-refractivity contribution in [3.8, 4) is 0 Å². The Bertz CT molecular complexity index is 696. The Hall–Kier alpha value is -1.64. The minimum Gasteiger partial charge on any atom is -0.300 e. The molecule has 0 unspecified atom stereocenters. The molecule has 0 bridgehead atoms. The van der Waals surface area contributed by atoms with Crippen LogP contribution in [0.25, 0.3) is 0 Å². The standard InChI is InChI=1S/C24H32N2/c1-2-3-4-10-15-25-16-17-26-18-23(20-11-6-5-7-12-20)21-13-8-9-14-22(21)24(26)19-25/h5-9,11-14,23-24H,2-4,10,15-19H2,1H3/t23-,24-/m1/s1. The maximum absolute atomic E-state index is 2.74. The zero-order valence-electron chi connectivity index (χ0n) is 16.1. The molecule has 0 aromatic heterocycles. The van der Waals surface area contributed by atoms with Crippen LogP contribution in [-0.2, 0) is 0 Å². The highest BCUT2D eigenvalue weighted by atomic mass is 15.3. The number of rotatable bonds is 6. The van der Waals surface area contributed by atoms with Gasteiger partial charge in [-0.1, -0.05) is 80.8 Å². The third kappa shape index (κ3) is 3.72. The average molecular weight is 349 g/mol. The number of benzene rings is 2. The fraction of sp³-hybridized carbons (Fsp3) is 0.500. The summed E-state index contributed by atoms with van der Waals surface area (Å²) in [6.07, 6.45) is 5.44. The largest absolute Gasteiger partial charge is 0.300 e. The number of piperazine rings is 1. The Kier molecular flexibility index (Phi) is 5.72. The molecule has 26 heavy (non-hydrogen) atoms. The van der Waals surface area contributed by atoms with E-state index in [1.807, 2.05) is 0 Å². The van der Waals surface area contributed by atoms with Gasteiger partial charge in [0.05, 0.1) is 0 Å². The highest BCUT2D eigenvalue weighted by Gasteiger charge is 2.36. The van der Waals surface area contributed by atoms with Gasteiger partial charge in [0, 0.05) is 38.1 Å². The summed E-state index contributed by atoms with van der Waals surface area (Å²) < 4.78 is 0. The zero-order chi connectivity index (χ0) is 17.8. The van der Waals surface area contributed by atoms with Gasteiger partial charge < -0.3 is 4.90 Å². The molecule has 2 aliphatic heterocycles. The van der Waals surface area contributed by atoms with Gasteiger partial charge in [-0.2, -0.15) is 0 Å². The van der Waals surface area contributed by atoms with Crippen LogP contribution in [0.3, 0.4) is 0 Å². The molecule has 2 heteroatoms. The van der Waals surface area contributed by atoms with E-state index in [4.69, 9.17) is 0 Å². The Balaban J connectivity index is 1.53. The van der Waals surface area contributed by atoms with E-state index >= 15 is 0 Å². The van der Waals surface area contributed by atoms with E-state index in [9.17, 15) is 0 Å². The molecule has 2 aromatic rings. The van der Waals surface area contributed by atoms with Crippen molar-refractivity contribution in [2.75, 3.05) is 32.7 Å². The lowest BCUT2D eigenvalue weighted by Crippen LogP contribution is -2.51. The predicted molar refractivity (Wildman–Crippen MR) is 110 cm³/mol. The van der Waals surface area contributed by atoms with Crippen LogP contribution in [0, 0.1) is 0 Å². The first-order chi connectivity index (χ1) is 12.9. The molecule has 0 radical (unpaired) electrons. The summed E-state index contributed by atoms with van der Waals surface area (Å²) in [6, 6.07) is 20.8. The summed E-state index contributed by atoms with van der Waals surface area (Å²) in [5, 5.41) is 0. The van der Waals surface area contributed by atoms with Gasteiger partial charge >= 0.3 is 0 Å². The SMILES string of the molecule is CCCCCCN1CCN2C[C@H](c3ccccc3)c3ccccc3[C@H]2C1. The van der Waals surface area contributed by atoms with E-state index < -0.39 is 0 Å². The molecule has 1 saturated heterocycles. The lowest BCUT2D eigenvalue weighted by atomic mass is 9.80. The molecule has 2 nitrogen and oxygen atoms in total. The molecule has 2 heterocycles. The number of hydrogen-bond donors (Lipinski definition) is 0. The molecule has 2 atom stereocenters. The second-order valence-corrected chi connectivity index (χ2v) is 7.96. The second-order valence-electron chi connectivity index (χ2n) is 7.96. The maximum Gasteiger partial charge on any atom is 0.0479 e. The van der Waals surface area contributed by atoms with Gasteiger partial charge in [0.2, 0.25) is 0 Å². The van der Waals surface area contributed by atoms with E-state index in [2.05, 4.69) is 71.3 Å². The predicted octanol–water partition coefficient (Wildman–Crippen LogP) is 5.07. The Morgan fingerprint density at radius 2 is 1.58 bits per heavy atom. The van der Waals surface area contributed by atoms with Crippen LogP contribution in [0.2, 0.25) is 0 Å². The van der Waals surface area contributed by atoms with Gasteiger partial charge in [-0.3, -0.25) is 4.90 Å². The molecule has 138 valence electrons. The van der Waals surface area contributed by atoms with Gasteiger partial charge in [-0.25, -0.2) is 0 Å². The van der Waals surface area contributed by atoms with Crippen LogP contribution in [0.4, 0.5) is 0 Å². The van der Waals surface area contributed by atoms with E-state index in [1.54, 1.807) is 11.1 Å². The first-order valence-electron chi connectivity index (χ1n) is 10.5. The van der Waals surface area contributed by atoms with Gasteiger partial charge in [0.25, 0.3) is 0 Å². The quantitative estimate of drug-likeness (QED) is 0.672. The van der Waals surface area contributed by atoms with Crippen molar-refractivity contribution in [3.05, 3.63) is 71.3 Å². The van der Waals surface area contributed by atoms with Crippen molar-refractivity contribution in [1.82, 2.24) is 9.80 Å². The molecule has 2 aromatic carbocycles. The first kappa shape index (κ1) is 17.8. The number of unbranched alkanes of at least 4 members (excludes halogenated alkanes) is 3. The van der Waals surface area contributed by atoms with Gasteiger partial charge in [-0.15, -0.1) is 0 Å². The fourth-order valence-corrected chi connectivity index (χ4v) is 4.79. The van der Waals surface area contributed by atoms with Crippen LogP contribution >= 0.6 is 0 Å². The van der Waals surface area contributed by atoms with E-state index in [-0.39, 0.29) is 0 Å². The maximum atomic E-state index is 2.74. The van der Waals surface area contributed by atoms with Crippen LogP contribution in [0.1, 0.15) is 61.3 Å². The minimum atomic E-state index is 0.514. The normalized spacial score (nSPS) is 23.4. The van der Waals surface area contributed by atoms with E-state index in [1.165, 1.54) is 57.4 Å². The number of fused-ring (bicyclic) bond motifs is 3. The Morgan fingerprint density at radius 1 is 0.808 bits per heavy atom. The number of hydrogen-bond acceptors (Lipinski definition) is 2. The third-order valence-electron chi connectivity index (χ3n) is 6.25. The average Bonchev–Trinajstić information content (AvgIpc) is 2.71. The molecule has 0 aliphatic carbocycles. The Morgan fingerprint density at radius 3 is 2.38 bits per heavy atom. The minimum absolute atomic E-state index is 0.514. The summed E-state index contributed by atoms with van der Waals surface area (Å²) in [6.45, 7) is 8.36. The van der Waals surface area contributed by atoms with Crippen molar-refractivity contribution in [2.45, 2.75) is 44.6 Å². The molecule has 1 fully saturated rings. The van der Waals surface area contributed by atoms with Gasteiger partial charge in [0.1, 0.15) is 0 Å². The lowest BCUT2D eigenvalue weighted by Gasteiger charge is -2.47. The monoisotopic (exact) mass is 348 g/mol. The van der Waals surface area contributed by atoms with Crippen molar-refractivity contribution in [3.63, 3.8) is 0 Å². The summed E-state index contributed by atoms with van der Waals surface area (Å²) in [7, 11) is 0. The number of nitrogens with zero attached hydrogens (tertiary/aromatic N) is 2.